The van der Waals surface area contributed by atoms with Crippen molar-refractivity contribution < 1.29 is 0 Å². The van der Waals surface area contributed by atoms with Gasteiger partial charge >= 0.3 is 0 Å². The molecule has 0 saturated heterocycles. The summed E-state index contributed by atoms with van der Waals surface area (Å²) < 4.78 is 0. The number of aromatic nitrogens is 6. The van der Waals surface area contributed by atoms with Gasteiger partial charge in [0.2, 0.25) is 17.8 Å². The summed E-state index contributed by atoms with van der Waals surface area (Å²) in [5, 5.41) is 6.44. The smallest absolute Gasteiger partial charge is 0.232 e. The fourth-order valence-electron chi connectivity index (χ4n) is 3.55. The van der Waals surface area contributed by atoms with E-state index in [-0.39, 0.29) is 5.95 Å². The standard InChI is InChI=1S/C25H27N9/c1-14-12-21(32-24-29-16(3)27-17(4)30-24)10-8-19(14)6-7-20-9-11-22(13-15(20)2)33-25-31-18(5)28-23(26)34-25/h6-13H,1-5H3,(H,27,29,30,32)(H3,26,28,31,33,34)/b7-6+. The Bertz CT molecular complexity index is 1230. The molecule has 0 atom stereocenters. The molecule has 0 fully saturated rings. The first-order valence-electron chi connectivity index (χ1n) is 10.9. The highest BCUT2D eigenvalue weighted by molar-refractivity contribution is 5.75. The van der Waals surface area contributed by atoms with Crippen molar-refractivity contribution in [3.8, 4) is 0 Å². The Morgan fingerprint density at radius 1 is 0.588 bits per heavy atom. The number of hydrogen-bond donors (Lipinski definition) is 3. The van der Waals surface area contributed by atoms with Crippen molar-refractivity contribution in [2.75, 3.05) is 16.4 Å². The molecule has 0 aliphatic heterocycles. The van der Waals surface area contributed by atoms with Gasteiger partial charge in [-0.1, -0.05) is 24.3 Å². The first kappa shape index (κ1) is 22.8. The Labute approximate surface area is 198 Å². The van der Waals surface area contributed by atoms with Crippen LogP contribution < -0.4 is 16.4 Å². The van der Waals surface area contributed by atoms with Crippen LogP contribution in [0.1, 0.15) is 39.7 Å². The Hall–Kier alpha value is -4.40. The maximum Gasteiger partial charge on any atom is 0.232 e. The maximum absolute atomic E-state index is 5.71. The number of nitrogens with one attached hydrogen (secondary N) is 2. The van der Waals surface area contributed by atoms with Gasteiger partial charge in [-0.25, -0.2) is 4.98 Å². The highest BCUT2D eigenvalue weighted by Gasteiger charge is 2.05. The molecule has 0 aliphatic carbocycles. The van der Waals surface area contributed by atoms with Gasteiger partial charge in [0.1, 0.15) is 17.5 Å². The molecule has 2 aromatic carbocycles. The largest absolute Gasteiger partial charge is 0.368 e. The van der Waals surface area contributed by atoms with E-state index in [1.165, 1.54) is 0 Å². The number of rotatable bonds is 6. The molecule has 2 heterocycles. The second-order valence-corrected chi connectivity index (χ2v) is 8.04. The molecule has 0 amide bonds. The van der Waals surface area contributed by atoms with Crippen molar-refractivity contribution in [1.29, 1.82) is 0 Å². The molecule has 2 aromatic heterocycles. The van der Waals surface area contributed by atoms with Crippen LogP contribution in [0.3, 0.4) is 0 Å². The number of hydrogen-bond acceptors (Lipinski definition) is 9. The molecular weight excluding hydrogens is 426 g/mol. The van der Waals surface area contributed by atoms with Crippen LogP contribution in [0.5, 0.6) is 0 Å². The molecule has 0 unspecified atom stereocenters. The average molecular weight is 454 g/mol. The van der Waals surface area contributed by atoms with E-state index < -0.39 is 0 Å². The lowest BCUT2D eigenvalue weighted by molar-refractivity contribution is 0.928. The number of nitrogens with two attached hydrogens (primary N) is 1. The van der Waals surface area contributed by atoms with E-state index in [0.717, 1.165) is 33.6 Å². The summed E-state index contributed by atoms with van der Waals surface area (Å²) in [6.07, 6.45) is 4.22. The van der Waals surface area contributed by atoms with Gasteiger partial charge in [0.25, 0.3) is 0 Å². The van der Waals surface area contributed by atoms with Gasteiger partial charge in [0, 0.05) is 11.4 Å². The van der Waals surface area contributed by atoms with Crippen LogP contribution in [0.2, 0.25) is 0 Å². The van der Waals surface area contributed by atoms with Crippen LogP contribution in [0.25, 0.3) is 12.2 Å². The third kappa shape index (κ3) is 5.69. The van der Waals surface area contributed by atoms with Crippen LogP contribution in [0, 0.1) is 34.6 Å². The lowest BCUT2D eigenvalue weighted by Gasteiger charge is -2.10. The predicted molar refractivity (Wildman–Crippen MR) is 136 cm³/mol. The Morgan fingerprint density at radius 3 is 1.47 bits per heavy atom. The summed E-state index contributed by atoms with van der Waals surface area (Å²) in [6.45, 7) is 9.63. The van der Waals surface area contributed by atoms with Gasteiger partial charge in [0.15, 0.2) is 0 Å². The van der Waals surface area contributed by atoms with Gasteiger partial charge in [-0.3, -0.25) is 0 Å². The van der Waals surface area contributed by atoms with Crippen molar-refractivity contribution in [2.24, 2.45) is 0 Å². The molecule has 4 N–H and O–H groups in total. The summed E-state index contributed by atoms with van der Waals surface area (Å²) in [6, 6.07) is 12.3. The minimum Gasteiger partial charge on any atom is -0.368 e. The van der Waals surface area contributed by atoms with Gasteiger partial charge in [-0.2, -0.15) is 24.9 Å². The second kappa shape index (κ2) is 9.62. The van der Waals surface area contributed by atoms with Crippen molar-refractivity contribution in [1.82, 2.24) is 29.9 Å². The maximum atomic E-state index is 5.71. The molecule has 4 aromatic rings. The molecule has 4 rings (SSSR count). The van der Waals surface area contributed by atoms with E-state index in [9.17, 15) is 0 Å². The van der Waals surface area contributed by atoms with Crippen LogP contribution in [-0.2, 0) is 0 Å². The Balaban J connectivity index is 1.47. The van der Waals surface area contributed by atoms with Crippen molar-refractivity contribution in [2.45, 2.75) is 34.6 Å². The normalized spacial score (nSPS) is 11.1. The third-order valence-corrected chi connectivity index (χ3v) is 5.12. The van der Waals surface area contributed by atoms with E-state index in [1.807, 2.05) is 32.0 Å². The molecular formula is C25H27N9. The summed E-state index contributed by atoms with van der Waals surface area (Å²) >= 11 is 0. The van der Waals surface area contributed by atoms with E-state index in [1.54, 1.807) is 6.92 Å². The highest BCUT2D eigenvalue weighted by atomic mass is 15.2. The third-order valence-electron chi connectivity index (χ3n) is 5.12. The molecule has 0 spiro atoms. The molecule has 0 bridgehead atoms. The predicted octanol–water partition coefficient (Wildman–Crippen LogP) is 4.84. The molecule has 172 valence electrons. The molecule has 34 heavy (non-hydrogen) atoms. The van der Waals surface area contributed by atoms with Gasteiger partial charge in [0.05, 0.1) is 0 Å². The number of nitrogens with zero attached hydrogens (tertiary/aromatic N) is 6. The number of nitrogen functional groups attached to an aromatic ring is 1. The van der Waals surface area contributed by atoms with Gasteiger partial charge in [-0.15, -0.1) is 0 Å². The zero-order valence-electron chi connectivity index (χ0n) is 19.9. The fourth-order valence-corrected chi connectivity index (χ4v) is 3.55. The van der Waals surface area contributed by atoms with Gasteiger partial charge in [-0.05, 0) is 81.1 Å². The van der Waals surface area contributed by atoms with Crippen LogP contribution >= 0.6 is 0 Å². The average Bonchev–Trinajstić information content (AvgIpc) is 2.73. The SMILES string of the molecule is Cc1nc(C)nc(Nc2ccc(/C=C/c3ccc(Nc4nc(C)nc(N)n4)cc3C)c(C)c2)n1. The first-order valence-corrected chi connectivity index (χ1v) is 10.9. The van der Waals surface area contributed by atoms with E-state index >= 15 is 0 Å². The Kier molecular flexibility index (Phi) is 6.44. The summed E-state index contributed by atoms with van der Waals surface area (Å²) in [5.41, 5.74) is 12.0. The van der Waals surface area contributed by atoms with Gasteiger partial charge < -0.3 is 16.4 Å². The number of aryl methyl sites for hydroxylation is 5. The zero-order valence-corrected chi connectivity index (χ0v) is 19.9. The molecule has 0 saturated carbocycles. The summed E-state index contributed by atoms with van der Waals surface area (Å²) in [7, 11) is 0. The van der Waals surface area contributed by atoms with E-state index in [2.05, 4.69) is 84.7 Å². The minimum absolute atomic E-state index is 0.196. The lowest BCUT2D eigenvalue weighted by Crippen LogP contribution is -2.04. The molecule has 0 aliphatic rings. The van der Waals surface area contributed by atoms with Crippen molar-refractivity contribution in [3.05, 3.63) is 76.1 Å². The second-order valence-electron chi connectivity index (χ2n) is 8.04. The summed E-state index contributed by atoms with van der Waals surface area (Å²) in [5.74, 6) is 3.13. The zero-order chi connectivity index (χ0) is 24.2. The fraction of sp³-hybridized carbons (Fsp3) is 0.200. The monoisotopic (exact) mass is 453 g/mol. The lowest BCUT2D eigenvalue weighted by atomic mass is 10.0. The van der Waals surface area contributed by atoms with E-state index in [0.29, 0.717) is 29.4 Å². The van der Waals surface area contributed by atoms with Crippen LogP contribution in [-0.4, -0.2) is 29.9 Å². The highest BCUT2D eigenvalue weighted by Crippen LogP contribution is 2.23. The Morgan fingerprint density at radius 2 is 1.03 bits per heavy atom. The van der Waals surface area contributed by atoms with Crippen molar-refractivity contribution >= 4 is 41.4 Å². The molecule has 0 radical (unpaired) electrons. The van der Waals surface area contributed by atoms with Crippen LogP contribution in [0.15, 0.2) is 36.4 Å². The minimum atomic E-state index is 0.196. The quantitative estimate of drug-likeness (QED) is 0.351. The van der Waals surface area contributed by atoms with E-state index in [4.69, 9.17) is 5.73 Å². The van der Waals surface area contributed by atoms with Crippen LogP contribution in [0.4, 0.5) is 29.2 Å². The summed E-state index contributed by atoms with van der Waals surface area (Å²) in [4.78, 5) is 25.3. The molecule has 9 heteroatoms. The number of benzene rings is 2. The number of anilines is 5. The molecule has 9 nitrogen and oxygen atoms in total. The van der Waals surface area contributed by atoms with Crippen molar-refractivity contribution in [3.63, 3.8) is 0 Å². The topological polar surface area (TPSA) is 127 Å². The first-order chi connectivity index (χ1) is 16.2.